The number of hydrogen-bond acceptors (Lipinski definition) is 4. The molecule has 2 rings (SSSR count). The van der Waals surface area contributed by atoms with Crippen molar-refractivity contribution in [3.8, 4) is 0 Å². The number of hydrogen-bond donors (Lipinski definition) is 2. The fourth-order valence-corrected chi connectivity index (χ4v) is 1.85. The van der Waals surface area contributed by atoms with E-state index in [0.29, 0.717) is 5.56 Å². The van der Waals surface area contributed by atoms with Gasteiger partial charge < -0.3 is 4.74 Å². The van der Waals surface area contributed by atoms with Gasteiger partial charge in [-0.05, 0) is 31.2 Å². The molecule has 0 aromatic heterocycles. The van der Waals surface area contributed by atoms with Crippen LogP contribution in [0.15, 0.2) is 48.5 Å². The van der Waals surface area contributed by atoms with Crippen molar-refractivity contribution in [2.75, 3.05) is 0 Å². The molecule has 0 aliphatic rings. The molecule has 1 atom stereocenters. The zero-order chi connectivity index (χ0) is 18.4. The van der Waals surface area contributed by atoms with Crippen LogP contribution in [-0.4, -0.2) is 23.9 Å². The molecular weight excluding hydrogens is 334 g/mol. The number of hydrazine groups is 1. The minimum Gasteiger partial charge on any atom is -0.449 e. The van der Waals surface area contributed by atoms with Crippen molar-refractivity contribution < 1.29 is 27.9 Å². The largest absolute Gasteiger partial charge is 0.449 e. The summed E-state index contributed by atoms with van der Waals surface area (Å²) in [5.74, 6) is -4.97. The molecule has 8 heteroatoms. The number of halogens is 2. The summed E-state index contributed by atoms with van der Waals surface area (Å²) in [6.45, 7) is 1.20. The van der Waals surface area contributed by atoms with Crippen LogP contribution in [-0.2, 0) is 9.53 Å². The molecule has 0 unspecified atom stereocenters. The van der Waals surface area contributed by atoms with Gasteiger partial charge in [-0.3, -0.25) is 20.4 Å². The maximum atomic E-state index is 13.5. The fourth-order valence-electron chi connectivity index (χ4n) is 1.85. The molecule has 2 amide bonds. The molecule has 2 aromatic carbocycles. The van der Waals surface area contributed by atoms with Crippen molar-refractivity contribution in [1.29, 1.82) is 0 Å². The van der Waals surface area contributed by atoms with E-state index in [2.05, 4.69) is 10.9 Å². The number of carbonyl (C=O) groups excluding carboxylic acids is 3. The molecule has 0 fully saturated rings. The Morgan fingerprint density at radius 3 is 2.12 bits per heavy atom. The Balaban J connectivity index is 1.92. The molecule has 0 aliphatic carbocycles. The molecule has 0 radical (unpaired) electrons. The van der Waals surface area contributed by atoms with Crippen molar-refractivity contribution in [3.05, 3.63) is 71.3 Å². The Morgan fingerprint density at radius 1 is 0.920 bits per heavy atom. The first-order valence-corrected chi connectivity index (χ1v) is 7.20. The van der Waals surface area contributed by atoms with Crippen molar-refractivity contribution in [2.24, 2.45) is 0 Å². The highest BCUT2D eigenvalue weighted by molar-refractivity contribution is 5.96. The number of ether oxygens (including phenoxy) is 1. The first-order chi connectivity index (χ1) is 11.9. The lowest BCUT2D eigenvalue weighted by atomic mass is 10.2. The average molecular weight is 348 g/mol. The number of esters is 1. The van der Waals surface area contributed by atoms with Crippen LogP contribution in [0.2, 0.25) is 0 Å². The minimum atomic E-state index is -1.39. The van der Waals surface area contributed by atoms with Gasteiger partial charge >= 0.3 is 5.97 Å². The molecule has 0 aliphatic heterocycles. The normalized spacial score (nSPS) is 11.3. The van der Waals surface area contributed by atoms with Gasteiger partial charge in [-0.25, -0.2) is 13.6 Å². The maximum Gasteiger partial charge on any atom is 0.344 e. The lowest BCUT2D eigenvalue weighted by Gasteiger charge is -2.14. The van der Waals surface area contributed by atoms with Gasteiger partial charge in [0.1, 0.15) is 17.2 Å². The molecule has 2 aromatic rings. The third-order valence-corrected chi connectivity index (χ3v) is 3.16. The lowest BCUT2D eigenvalue weighted by Crippen LogP contribution is -2.46. The van der Waals surface area contributed by atoms with E-state index in [9.17, 15) is 23.2 Å². The van der Waals surface area contributed by atoms with E-state index in [4.69, 9.17) is 4.74 Å². The second-order valence-corrected chi connectivity index (χ2v) is 4.95. The molecule has 0 spiro atoms. The second-order valence-electron chi connectivity index (χ2n) is 4.95. The highest BCUT2D eigenvalue weighted by Crippen LogP contribution is 2.14. The molecule has 0 bridgehead atoms. The van der Waals surface area contributed by atoms with Gasteiger partial charge in [0.25, 0.3) is 11.8 Å². The first kappa shape index (κ1) is 18.1. The van der Waals surface area contributed by atoms with E-state index in [1.807, 2.05) is 0 Å². The van der Waals surface area contributed by atoms with E-state index in [-0.39, 0.29) is 0 Å². The summed E-state index contributed by atoms with van der Waals surface area (Å²) in [7, 11) is 0. The van der Waals surface area contributed by atoms with Crippen molar-refractivity contribution >= 4 is 17.8 Å². The van der Waals surface area contributed by atoms with Gasteiger partial charge in [-0.2, -0.15) is 0 Å². The number of nitrogens with one attached hydrogen (secondary N) is 2. The van der Waals surface area contributed by atoms with E-state index < -0.39 is 41.1 Å². The monoisotopic (exact) mass is 348 g/mol. The van der Waals surface area contributed by atoms with Crippen LogP contribution in [0.4, 0.5) is 8.78 Å². The zero-order valence-electron chi connectivity index (χ0n) is 13.1. The van der Waals surface area contributed by atoms with E-state index in [1.54, 1.807) is 18.2 Å². The molecule has 0 saturated carbocycles. The standard InChI is InChI=1S/C17H14F2N2O4/c1-10(25-17(24)14-12(18)8-5-9-13(14)19)15(22)20-21-16(23)11-6-3-2-4-7-11/h2-10H,1H3,(H,20,22)(H,21,23)/t10-/m1/s1. The quantitative estimate of drug-likeness (QED) is 0.654. The van der Waals surface area contributed by atoms with Crippen molar-refractivity contribution in [2.45, 2.75) is 13.0 Å². The summed E-state index contributed by atoms with van der Waals surface area (Å²) in [4.78, 5) is 35.4. The van der Waals surface area contributed by atoms with Gasteiger partial charge in [0.2, 0.25) is 0 Å². The maximum absolute atomic E-state index is 13.5. The van der Waals surface area contributed by atoms with Crippen LogP contribution in [0.3, 0.4) is 0 Å². The van der Waals surface area contributed by atoms with Gasteiger partial charge in [-0.15, -0.1) is 0 Å². The molecule has 0 saturated heterocycles. The highest BCUT2D eigenvalue weighted by Gasteiger charge is 2.24. The van der Waals surface area contributed by atoms with Crippen LogP contribution in [0.1, 0.15) is 27.6 Å². The average Bonchev–Trinajstić information content (AvgIpc) is 2.59. The van der Waals surface area contributed by atoms with Crippen molar-refractivity contribution in [1.82, 2.24) is 10.9 Å². The summed E-state index contributed by atoms with van der Waals surface area (Å²) in [5, 5.41) is 0. The van der Waals surface area contributed by atoms with Gasteiger partial charge in [0.05, 0.1) is 0 Å². The smallest absolute Gasteiger partial charge is 0.344 e. The predicted molar refractivity (Wildman–Crippen MR) is 83.3 cm³/mol. The number of carbonyl (C=O) groups is 3. The van der Waals surface area contributed by atoms with Crippen LogP contribution in [0, 0.1) is 11.6 Å². The molecule has 25 heavy (non-hydrogen) atoms. The fraction of sp³-hybridized carbons (Fsp3) is 0.118. The predicted octanol–water partition coefficient (Wildman–Crippen LogP) is 1.97. The third-order valence-electron chi connectivity index (χ3n) is 3.16. The van der Waals surface area contributed by atoms with Gasteiger partial charge in [0.15, 0.2) is 6.10 Å². The molecule has 130 valence electrons. The summed E-state index contributed by atoms with van der Waals surface area (Å²) in [5.41, 5.74) is 3.61. The third kappa shape index (κ3) is 4.60. The van der Waals surface area contributed by atoms with Crippen LogP contribution in [0.5, 0.6) is 0 Å². The number of rotatable bonds is 4. The van der Waals surface area contributed by atoms with Crippen LogP contribution in [0.25, 0.3) is 0 Å². The molecule has 2 N–H and O–H groups in total. The molecule has 0 heterocycles. The molecular formula is C17H14F2N2O4. The zero-order valence-corrected chi connectivity index (χ0v) is 13.1. The first-order valence-electron chi connectivity index (χ1n) is 7.20. The Hall–Kier alpha value is -3.29. The Bertz CT molecular complexity index is 776. The van der Waals surface area contributed by atoms with Crippen LogP contribution >= 0.6 is 0 Å². The Morgan fingerprint density at radius 2 is 1.52 bits per heavy atom. The van der Waals surface area contributed by atoms with Crippen molar-refractivity contribution in [3.63, 3.8) is 0 Å². The van der Waals surface area contributed by atoms with E-state index >= 15 is 0 Å². The summed E-state index contributed by atoms with van der Waals surface area (Å²) < 4.78 is 31.7. The van der Waals surface area contributed by atoms with Gasteiger partial charge in [0, 0.05) is 5.56 Å². The van der Waals surface area contributed by atoms with Gasteiger partial charge in [-0.1, -0.05) is 24.3 Å². The topological polar surface area (TPSA) is 84.5 Å². The second kappa shape index (κ2) is 8.00. The summed E-state index contributed by atoms with van der Waals surface area (Å²) in [6.07, 6.45) is -1.39. The SMILES string of the molecule is C[C@@H](OC(=O)c1c(F)cccc1F)C(=O)NNC(=O)c1ccccc1. The van der Waals surface area contributed by atoms with E-state index in [1.165, 1.54) is 19.1 Å². The number of amides is 2. The minimum absolute atomic E-state index is 0.306. The Labute approximate surface area is 141 Å². The number of benzene rings is 2. The van der Waals surface area contributed by atoms with Crippen LogP contribution < -0.4 is 10.9 Å². The van der Waals surface area contributed by atoms with E-state index in [0.717, 1.165) is 18.2 Å². The highest BCUT2D eigenvalue weighted by atomic mass is 19.1. The lowest BCUT2D eigenvalue weighted by molar-refractivity contribution is -0.129. The summed E-state index contributed by atoms with van der Waals surface area (Å²) in [6, 6.07) is 11.0. The molecule has 6 nitrogen and oxygen atoms in total. The summed E-state index contributed by atoms with van der Waals surface area (Å²) >= 11 is 0. The Kier molecular flexibility index (Phi) is 5.78.